The van der Waals surface area contributed by atoms with Crippen LogP contribution >= 0.6 is 0 Å². The fourth-order valence-electron chi connectivity index (χ4n) is 5.59. The summed E-state index contributed by atoms with van der Waals surface area (Å²) in [7, 11) is 0. The van der Waals surface area contributed by atoms with Crippen LogP contribution < -0.4 is 0 Å². The Kier molecular flexibility index (Phi) is 6.22. The second-order valence-corrected chi connectivity index (χ2v) is 9.79. The molecule has 202 valence electrons. The molecular formula is C32H18Fe2N8. The van der Waals surface area contributed by atoms with E-state index in [-0.39, 0.29) is 34.1 Å². The third-order valence-corrected chi connectivity index (χ3v) is 7.46. The first kappa shape index (κ1) is 26.2. The van der Waals surface area contributed by atoms with Gasteiger partial charge in [0.25, 0.3) is 0 Å². The average Bonchev–Trinajstić information content (AvgIpc) is 3.73. The van der Waals surface area contributed by atoms with E-state index in [2.05, 4.69) is 9.97 Å². The van der Waals surface area contributed by atoms with Gasteiger partial charge in [0, 0.05) is 77.9 Å². The molecule has 0 amide bonds. The van der Waals surface area contributed by atoms with Crippen LogP contribution in [0.3, 0.4) is 0 Å². The number of rotatable bonds is 0. The maximum Gasteiger partial charge on any atom is 0.164 e. The molecule has 3 aromatic heterocycles. The molecule has 2 aliphatic heterocycles. The van der Waals surface area contributed by atoms with E-state index in [0.29, 0.717) is 45.9 Å². The Labute approximate surface area is 259 Å². The van der Waals surface area contributed by atoms with Crippen molar-refractivity contribution in [1.82, 2.24) is 39.9 Å². The molecule has 2 aliphatic rings. The topological polar surface area (TPSA) is 109 Å². The van der Waals surface area contributed by atoms with Gasteiger partial charge >= 0.3 is 0 Å². The summed E-state index contributed by atoms with van der Waals surface area (Å²) in [5.41, 5.74) is 6.45. The van der Waals surface area contributed by atoms with Crippen molar-refractivity contribution < 1.29 is 34.1 Å². The molecule has 8 nitrogen and oxygen atoms in total. The molecule has 5 heterocycles. The summed E-state index contributed by atoms with van der Waals surface area (Å²) < 4.78 is 0. The minimum Gasteiger partial charge on any atom is -0.324 e. The first-order valence-corrected chi connectivity index (χ1v) is 13.0. The van der Waals surface area contributed by atoms with Gasteiger partial charge in [-0.25, -0.2) is 29.9 Å². The number of hydrogen-bond acceptors (Lipinski definition) is 6. The molecular weight excluding hydrogens is 608 g/mol. The van der Waals surface area contributed by atoms with Crippen molar-refractivity contribution in [3.05, 3.63) is 97.1 Å². The van der Waals surface area contributed by atoms with Crippen LogP contribution in [0, 0.1) is 0 Å². The van der Waals surface area contributed by atoms with Gasteiger partial charge in [-0.15, -0.1) is 0 Å². The molecule has 4 aromatic carbocycles. The predicted molar refractivity (Wildman–Crippen MR) is 156 cm³/mol. The Balaban J connectivity index is 0.00000144. The molecule has 0 fully saturated rings. The van der Waals surface area contributed by atoms with Crippen LogP contribution in [0.2, 0.25) is 0 Å². The molecule has 0 atom stereocenters. The van der Waals surface area contributed by atoms with Crippen LogP contribution in [0.25, 0.3) is 89.7 Å². The van der Waals surface area contributed by atoms with Gasteiger partial charge in [-0.2, -0.15) is 0 Å². The van der Waals surface area contributed by atoms with Crippen molar-refractivity contribution in [3.63, 3.8) is 0 Å². The molecule has 9 rings (SSSR count). The average molecular weight is 626 g/mol. The zero-order chi connectivity index (χ0) is 26.2. The summed E-state index contributed by atoms with van der Waals surface area (Å²) in [4.78, 5) is 36.8. The van der Waals surface area contributed by atoms with Crippen LogP contribution in [0.4, 0.5) is 0 Å². The maximum absolute atomic E-state index is 5.02. The van der Waals surface area contributed by atoms with Crippen LogP contribution in [0.15, 0.2) is 97.1 Å². The van der Waals surface area contributed by atoms with Crippen molar-refractivity contribution in [2.24, 2.45) is 0 Å². The van der Waals surface area contributed by atoms with Crippen molar-refractivity contribution in [3.8, 4) is 45.6 Å². The predicted octanol–water partition coefficient (Wildman–Crippen LogP) is 6.86. The van der Waals surface area contributed by atoms with E-state index in [1.165, 1.54) is 0 Å². The normalized spacial score (nSPS) is 11.4. The summed E-state index contributed by atoms with van der Waals surface area (Å²) >= 11 is 0. The van der Waals surface area contributed by atoms with E-state index in [4.69, 9.17) is 29.9 Å². The molecule has 0 radical (unpaired) electrons. The van der Waals surface area contributed by atoms with Crippen molar-refractivity contribution in [2.75, 3.05) is 0 Å². The number of aromatic amines is 2. The van der Waals surface area contributed by atoms with Gasteiger partial charge in [0.15, 0.2) is 23.3 Å². The van der Waals surface area contributed by atoms with E-state index in [9.17, 15) is 0 Å². The van der Waals surface area contributed by atoms with Gasteiger partial charge in [0.1, 0.15) is 22.6 Å². The molecule has 0 unspecified atom stereocenters. The number of nitrogens with zero attached hydrogens (tertiary/aromatic N) is 6. The van der Waals surface area contributed by atoms with Gasteiger partial charge in [0.05, 0.1) is 0 Å². The summed E-state index contributed by atoms with van der Waals surface area (Å²) in [6.45, 7) is 0. The smallest absolute Gasteiger partial charge is 0.164 e. The minimum absolute atomic E-state index is 0. The molecule has 2 N–H and O–H groups in total. The van der Waals surface area contributed by atoms with Gasteiger partial charge in [-0.05, 0) is 0 Å². The summed E-state index contributed by atoms with van der Waals surface area (Å²) in [5.74, 6) is 2.39. The minimum atomic E-state index is 0. The number of nitrogens with one attached hydrogen (secondary N) is 2. The second kappa shape index (κ2) is 9.98. The van der Waals surface area contributed by atoms with Crippen molar-refractivity contribution >= 4 is 44.1 Å². The van der Waals surface area contributed by atoms with Crippen molar-refractivity contribution in [1.29, 1.82) is 0 Å². The molecule has 0 saturated heterocycles. The molecule has 0 aliphatic carbocycles. The molecule has 0 saturated carbocycles. The van der Waals surface area contributed by atoms with Gasteiger partial charge < -0.3 is 9.97 Å². The summed E-state index contributed by atoms with van der Waals surface area (Å²) in [6.07, 6.45) is 0. The van der Waals surface area contributed by atoms with Gasteiger partial charge in [-0.3, -0.25) is 0 Å². The molecule has 10 heteroatoms. The van der Waals surface area contributed by atoms with Crippen molar-refractivity contribution in [2.45, 2.75) is 0 Å². The SMILES string of the molecule is [Fe].[Fe].c1ccc2c(c1)-c1nc-2nc2[nH]c(nc3nc(nc4[nH]c(n1)c1ccccc41)-c1ccccc1-3)c1ccccc21. The Bertz CT molecular complexity index is 2040. The Hall–Kier alpha value is -4.72. The van der Waals surface area contributed by atoms with E-state index in [1.807, 2.05) is 97.1 Å². The second-order valence-electron chi connectivity index (χ2n) is 9.79. The Morgan fingerprint density at radius 1 is 0.310 bits per heavy atom. The Morgan fingerprint density at radius 2 is 0.548 bits per heavy atom. The quantitative estimate of drug-likeness (QED) is 0.178. The van der Waals surface area contributed by atoms with Crippen LogP contribution in [0.1, 0.15) is 0 Å². The van der Waals surface area contributed by atoms with Crippen LogP contribution in [-0.2, 0) is 34.1 Å². The van der Waals surface area contributed by atoms with E-state index < -0.39 is 0 Å². The fraction of sp³-hybridized carbons (Fsp3) is 0. The van der Waals surface area contributed by atoms with Gasteiger partial charge in [0.2, 0.25) is 0 Å². The third-order valence-electron chi connectivity index (χ3n) is 7.46. The fourth-order valence-corrected chi connectivity index (χ4v) is 5.59. The van der Waals surface area contributed by atoms with E-state index in [0.717, 1.165) is 43.8 Å². The molecule has 8 bridgehead atoms. The first-order chi connectivity index (χ1) is 19.8. The van der Waals surface area contributed by atoms with Crippen LogP contribution in [0.5, 0.6) is 0 Å². The largest absolute Gasteiger partial charge is 0.324 e. The number of benzene rings is 4. The number of hydrogen-bond donors (Lipinski definition) is 2. The van der Waals surface area contributed by atoms with Gasteiger partial charge in [-0.1, -0.05) is 97.1 Å². The standard InChI is InChI=1S/C32H18N8.2Fe/c1-2-10-18-17(9-1)25-33-26(18)38-28-21-13-5-6-14-22(21)30(35-28)40-32-24-16-8-7-15-23(24)31(36-32)39-29-20-12-4-3-11-19(20)27(34-29)37-25;;/h1-16H,(H2,33,34,35,36,37,38,39,40);;. The molecule has 42 heavy (non-hydrogen) atoms. The maximum atomic E-state index is 5.02. The first-order valence-electron chi connectivity index (χ1n) is 13.0. The summed E-state index contributed by atoms with van der Waals surface area (Å²) in [5, 5.41) is 3.82. The number of H-pyrrole nitrogens is 2. The number of aromatic nitrogens is 8. The van der Waals surface area contributed by atoms with Crippen LogP contribution in [-0.4, -0.2) is 39.9 Å². The molecule has 0 spiro atoms. The zero-order valence-corrected chi connectivity index (χ0v) is 23.8. The Morgan fingerprint density at radius 3 is 0.810 bits per heavy atom. The zero-order valence-electron chi connectivity index (χ0n) is 21.6. The molecule has 7 aromatic rings. The van der Waals surface area contributed by atoms with E-state index in [1.54, 1.807) is 0 Å². The summed E-state index contributed by atoms with van der Waals surface area (Å²) in [6, 6.07) is 32.2. The van der Waals surface area contributed by atoms with E-state index >= 15 is 0 Å². The monoisotopic (exact) mass is 626 g/mol. The third kappa shape index (κ3) is 3.89. The number of fused-ring (bicyclic) bond motifs is 20.